The highest BCUT2D eigenvalue weighted by Gasteiger charge is 1.79. The van der Waals surface area contributed by atoms with Crippen LogP contribution in [0.4, 0.5) is 0 Å². The number of hydrogen-bond donors (Lipinski definition) is 2. The van der Waals surface area contributed by atoms with Crippen molar-refractivity contribution in [1.82, 2.24) is 0 Å². The van der Waals surface area contributed by atoms with Gasteiger partial charge in [0, 0.05) is 5.70 Å². The van der Waals surface area contributed by atoms with Crippen molar-refractivity contribution >= 4 is 6.29 Å². The summed E-state index contributed by atoms with van der Waals surface area (Å²) < 4.78 is 0. The number of allylic oxidation sites excluding steroid dienone is 4. The van der Waals surface area contributed by atoms with E-state index < -0.39 is 0 Å². The van der Waals surface area contributed by atoms with E-state index in [4.69, 9.17) is 11.5 Å². The lowest BCUT2D eigenvalue weighted by molar-refractivity contribution is -0.104. The van der Waals surface area contributed by atoms with Crippen LogP contribution in [-0.4, -0.2) is 6.29 Å². The minimum absolute atomic E-state index is 0.180. The van der Waals surface area contributed by atoms with E-state index in [-0.39, 0.29) is 5.70 Å². The van der Waals surface area contributed by atoms with Crippen molar-refractivity contribution in [1.29, 1.82) is 0 Å². The number of aldehydes is 1. The number of carbonyl (C=O) groups is 1. The zero-order valence-corrected chi connectivity index (χ0v) is 5.29. The molecule has 0 fully saturated rings. The lowest BCUT2D eigenvalue weighted by atomic mass is 10.4. The predicted octanol–water partition coefficient (Wildman–Crippen LogP) is -0.110. The van der Waals surface area contributed by atoms with Gasteiger partial charge in [-0.05, 0) is 19.1 Å². The summed E-state index contributed by atoms with van der Waals surface area (Å²) in [5.74, 6) is 0. The van der Waals surface area contributed by atoms with Crippen molar-refractivity contribution in [2.24, 2.45) is 11.5 Å². The molecule has 0 aromatic heterocycles. The fourth-order valence-electron chi connectivity index (χ4n) is 0.267. The molecule has 0 aliphatic carbocycles. The molecule has 0 bridgehead atoms. The summed E-state index contributed by atoms with van der Waals surface area (Å²) >= 11 is 0. The third-order valence-electron chi connectivity index (χ3n) is 0.675. The zero-order valence-electron chi connectivity index (χ0n) is 5.29. The summed E-state index contributed by atoms with van der Waals surface area (Å²) in [7, 11) is 0. The van der Waals surface area contributed by atoms with Crippen LogP contribution in [-0.2, 0) is 4.79 Å². The van der Waals surface area contributed by atoms with Gasteiger partial charge >= 0.3 is 0 Å². The van der Waals surface area contributed by atoms with E-state index in [0.717, 1.165) is 0 Å². The van der Waals surface area contributed by atoms with E-state index in [0.29, 0.717) is 12.0 Å². The van der Waals surface area contributed by atoms with Crippen LogP contribution >= 0.6 is 0 Å². The zero-order chi connectivity index (χ0) is 7.28. The highest BCUT2D eigenvalue weighted by molar-refractivity contribution is 5.72. The van der Waals surface area contributed by atoms with E-state index >= 15 is 0 Å². The Bertz CT molecular complexity index is 154. The standard InChI is InChI=1S/C6H10N2O/c1-5(7)2-3-6(8)4-9/h2-4H,7-8H2,1H3/b5-2-,6-3-. The molecule has 3 nitrogen and oxygen atoms in total. The molecule has 0 heterocycles. The van der Waals surface area contributed by atoms with Crippen molar-refractivity contribution in [2.45, 2.75) is 6.92 Å². The maximum Gasteiger partial charge on any atom is 0.165 e. The van der Waals surface area contributed by atoms with Crippen LogP contribution in [0.2, 0.25) is 0 Å². The molecule has 9 heavy (non-hydrogen) atoms. The molecular formula is C6H10N2O. The summed E-state index contributed by atoms with van der Waals surface area (Å²) in [6.45, 7) is 1.72. The highest BCUT2D eigenvalue weighted by atomic mass is 16.1. The van der Waals surface area contributed by atoms with Crippen LogP contribution in [0.5, 0.6) is 0 Å². The number of hydrogen-bond acceptors (Lipinski definition) is 3. The van der Waals surface area contributed by atoms with Crippen molar-refractivity contribution in [3.8, 4) is 0 Å². The molecule has 0 aromatic carbocycles. The van der Waals surface area contributed by atoms with E-state index in [2.05, 4.69) is 0 Å². The first-order chi connectivity index (χ1) is 4.16. The Labute approximate surface area is 54.0 Å². The Hall–Kier alpha value is -1.25. The van der Waals surface area contributed by atoms with E-state index in [1.807, 2.05) is 0 Å². The molecule has 0 rings (SSSR count). The van der Waals surface area contributed by atoms with Crippen molar-refractivity contribution in [3.05, 3.63) is 23.5 Å². The second-order valence-electron chi connectivity index (χ2n) is 1.70. The third kappa shape index (κ3) is 4.61. The minimum Gasteiger partial charge on any atom is -0.402 e. The van der Waals surface area contributed by atoms with Crippen LogP contribution in [0, 0.1) is 0 Å². The van der Waals surface area contributed by atoms with Gasteiger partial charge in [0.15, 0.2) is 6.29 Å². The molecule has 4 N–H and O–H groups in total. The Morgan fingerprint density at radius 2 is 1.89 bits per heavy atom. The average Bonchev–Trinajstić information content (AvgIpc) is 1.83. The topological polar surface area (TPSA) is 69.1 Å². The van der Waals surface area contributed by atoms with Gasteiger partial charge in [-0.1, -0.05) is 0 Å². The Balaban J connectivity index is 3.98. The largest absolute Gasteiger partial charge is 0.402 e. The second kappa shape index (κ2) is 3.72. The average molecular weight is 126 g/mol. The summed E-state index contributed by atoms with van der Waals surface area (Å²) in [5, 5.41) is 0. The molecule has 0 unspecified atom stereocenters. The fraction of sp³-hybridized carbons (Fsp3) is 0.167. The highest BCUT2D eigenvalue weighted by Crippen LogP contribution is 1.83. The van der Waals surface area contributed by atoms with Gasteiger partial charge in [-0.2, -0.15) is 0 Å². The Kier molecular flexibility index (Phi) is 3.20. The maximum absolute atomic E-state index is 9.85. The normalized spacial score (nSPS) is 13.4. The quantitative estimate of drug-likeness (QED) is 0.308. The predicted molar refractivity (Wildman–Crippen MR) is 36.3 cm³/mol. The monoisotopic (exact) mass is 126 g/mol. The summed E-state index contributed by atoms with van der Waals surface area (Å²) in [5.41, 5.74) is 11.2. The maximum atomic E-state index is 9.85. The van der Waals surface area contributed by atoms with Crippen LogP contribution < -0.4 is 11.5 Å². The van der Waals surface area contributed by atoms with Gasteiger partial charge in [0.1, 0.15) is 0 Å². The van der Waals surface area contributed by atoms with Crippen molar-refractivity contribution in [3.63, 3.8) is 0 Å². The second-order valence-corrected chi connectivity index (χ2v) is 1.70. The van der Waals surface area contributed by atoms with Gasteiger partial charge in [-0.3, -0.25) is 4.79 Å². The molecule has 50 valence electrons. The lowest BCUT2D eigenvalue weighted by Crippen LogP contribution is -1.97. The van der Waals surface area contributed by atoms with Crippen molar-refractivity contribution in [2.75, 3.05) is 0 Å². The summed E-state index contributed by atoms with van der Waals surface area (Å²) in [4.78, 5) is 9.85. The smallest absolute Gasteiger partial charge is 0.165 e. The first-order valence-corrected chi connectivity index (χ1v) is 2.51. The number of nitrogens with two attached hydrogens (primary N) is 2. The SMILES string of the molecule is C/C(N)=C/C=C(\N)C=O. The van der Waals surface area contributed by atoms with Gasteiger partial charge in [0.2, 0.25) is 0 Å². The van der Waals surface area contributed by atoms with Crippen LogP contribution in [0.3, 0.4) is 0 Å². The van der Waals surface area contributed by atoms with Gasteiger partial charge < -0.3 is 11.5 Å². The van der Waals surface area contributed by atoms with Crippen molar-refractivity contribution < 1.29 is 4.79 Å². The number of carbonyl (C=O) groups excluding carboxylic acids is 1. The minimum atomic E-state index is 0.180. The summed E-state index contributed by atoms with van der Waals surface area (Å²) in [6.07, 6.45) is 3.60. The van der Waals surface area contributed by atoms with E-state index in [1.54, 1.807) is 13.0 Å². The van der Waals surface area contributed by atoms with Gasteiger partial charge in [0.25, 0.3) is 0 Å². The van der Waals surface area contributed by atoms with Gasteiger partial charge in [-0.25, -0.2) is 0 Å². The molecule has 0 radical (unpaired) electrons. The molecule has 3 heteroatoms. The Morgan fingerprint density at radius 3 is 2.22 bits per heavy atom. The number of rotatable bonds is 2. The van der Waals surface area contributed by atoms with E-state index in [1.165, 1.54) is 6.08 Å². The Morgan fingerprint density at radius 1 is 1.33 bits per heavy atom. The van der Waals surface area contributed by atoms with Crippen LogP contribution in [0.25, 0.3) is 0 Å². The molecule has 0 amide bonds. The molecule has 0 aliphatic rings. The summed E-state index contributed by atoms with van der Waals surface area (Å²) in [6, 6.07) is 0. The first kappa shape index (κ1) is 7.75. The third-order valence-corrected chi connectivity index (χ3v) is 0.675. The van der Waals surface area contributed by atoms with Gasteiger partial charge in [0.05, 0.1) is 5.70 Å². The molecule has 0 saturated heterocycles. The fourth-order valence-corrected chi connectivity index (χ4v) is 0.267. The molecule has 0 saturated carbocycles. The lowest BCUT2D eigenvalue weighted by Gasteiger charge is -1.84. The molecular weight excluding hydrogens is 116 g/mol. The van der Waals surface area contributed by atoms with E-state index in [9.17, 15) is 4.79 Å². The first-order valence-electron chi connectivity index (χ1n) is 2.51. The van der Waals surface area contributed by atoms with Crippen LogP contribution in [0.1, 0.15) is 6.92 Å². The van der Waals surface area contributed by atoms with Crippen LogP contribution in [0.15, 0.2) is 23.5 Å². The molecule has 0 aliphatic heterocycles. The van der Waals surface area contributed by atoms with Gasteiger partial charge in [-0.15, -0.1) is 0 Å². The molecule has 0 spiro atoms. The molecule has 0 aromatic rings. The molecule has 0 atom stereocenters.